The fourth-order valence-corrected chi connectivity index (χ4v) is 1.48. The van der Waals surface area contributed by atoms with Gasteiger partial charge in [-0.3, -0.25) is 0 Å². The first-order valence-corrected chi connectivity index (χ1v) is 5.59. The van der Waals surface area contributed by atoms with E-state index >= 15 is 0 Å². The van der Waals surface area contributed by atoms with Crippen LogP contribution in [-0.2, 0) is 9.47 Å². The minimum absolute atomic E-state index is 0.324. The molecule has 0 radical (unpaired) electrons. The summed E-state index contributed by atoms with van der Waals surface area (Å²) < 4.78 is 16.1. The molecule has 0 fully saturated rings. The van der Waals surface area contributed by atoms with E-state index in [4.69, 9.17) is 14.2 Å². The van der Waals surface area contributed by atoms with Gasteiger partial charge in [0, 0.05) is 5.56 Å². The van der Waals surface area contributed by atoms with Crippen LogP contribution in [0.3, 0.4) is 0 Å². The predicted molar refractivity (Wildman–Crippen MR) is 60.9 cm³/mol. The molecule has 0 unspecified atom stereocenters. The van der Waals surface area contributed by atoms with Crippen molar-refractivity contribution < 1.29 is 14.2 Å². The number of ether oxygens (including phenoxy) is 3. The van der Waals surface area contributed by atoms with Gasteiger partial charge in [0.05, 0.1) is 6.61 Å². The molecule has 0 saturated heterocycles. The predicted octanol–water partition coefficient (Wildman–Crippen LogP) is 3.38. The van der Waals surface area contributed by atoms with Gasteiger partial charge in [-0.25, -0.2) is 0 Å². The molecule has 1 aromatic rings. The molecule has 1 aliphatic rings. The number of benzene rings is 1. The minimum atomic E-state index is -0.324. The first-order valence-electron chi connectivity index (χ1n) is 5.59. The van der Waals surface area contributed by atoms with E-state index in [0.29, 0.717) is 0 Å². The summed E-state index contributed by atoms with van der Waals surface area (Å²) in [6, 6.07) is 7.81. The molecule has 3 nitrogen and oxygen atoms in total. The van der Waals surface area contributed by atoms with Crippen LogP contribution < -0.4 is 4.74 Å². The summed E-state index contributed by atoms with van der Waals surface area (Å²) in [6.07, 6.45) is 4.99. The lowest BCUT2D eigenvalue weighted by molar-refractivity contribution is -0.0247. The maximum absolute atomic E-state index is 5.62. The topological polar surface area (TPSA) is 27.7 Å². The molecule has 1 aliphatic heterocycles. The third-order valence-electron chi connectivity index (χ3n) is 2.36. The van der Waals surface area contributed by atoms with Gasteiger partial charge in [-0.05, 0) is 18.6 Å². The van der Waals surface area contributed by atoms with E-state index < -0.39 is 0 Å². The SMILES string of the molecule is CCCCOc1cccc(C2OC=CO2)c1. The number of unbranched alkanes of at least 4 members (excludes halogenated alkanes) is 1. The van der Waals surface area contributed by atoms with Crippen LogP contribution >= 0.6 is 0 Å². The van der Waals surface area contributed by atoms with Gasteiger partial charge in [0.25, 0.3) is 6.29 Å². The molecule has 0 aromatic heterocycles. The number of rotatable bonds is 5. The largest absolute Gasteiger partial charge is 0.494 e. The second-order valence-corrected chi connectivity index (χ2v) is 3.65. The highest BCUT2D eigenvalue weighted by molar-refractivity contribution is 5.29. The summed E-state index contributed by atoms with van der Waals surface area (Å²) in [6.45, 7) is 2.90. The van der Waals surface area contributed by atoms with Crippen LogP contribution in [0.25, 0.3) is 0 Å². The van der Waals surface area contributed by atoms with Gasteiger partial charge in [0.2, 0.25) is 0 Å². The monoisotopic (exact) mass is 220 g/mol. The van der Waals surface area contributed by atoms with Crippen LogP contribution in [0.4, 0.5) is 0 Å². The Morgan fingerprint density at radius 1 is 1.25 bits per heavy atom. The summed E-state index contributed by atoms with van der Waals surface area (Å²) in [7, 11) is 0. The highest BCUT2D eigenvalue weighted by atomic mass is 16.7. The molecule has 16 heavy (non-hydrogen) atoms. The van der Waals surface area contributed by atoms with E-state index in [9.17, 15) is 0 Å². The average molecular weight is 220 g/mol. The highest BCUT2D eigenvalue weighted by Gasteiger charge is 2.15. The Morgan fingerprint density at radius 3 is 2.81 bits per heavy atom. The number of hydrogen-bond acceptors (Lipinski definition) is 3. The van der Waals surface area contributed by atoms with Gasteiger partial charge >= 0.3 is 0 Å². The van der Waals surface area contributed by atoms with E-state index in [1.807, 2.05) is 24.3 Å². The first kappa shape index (κ1) is 10.9. The summed E-state index contributed by atoms with van der Waals surface area (Å²) in [5, 5.41) is 0. The van der Waals surface area contributed by atoms with Crippen LogP contribution in [-0.4, -0.2) is 6.61 Å². The van der Waals surface area contributed by atoms with E-state index in [2.05, 4.69) is 6.92 Å². The van der Waals surface area contributed by atoms with Gasteiger partial charge in [-0.15, -0.1) is 0 Å². The molecule has 2 rings (SSSR count). The van der Waals surface area contributed by atoms with Gasteiger partial charge in [0.1, 0.15) is 18.3 Å². The van der Waals surface area contributed by atoms with Gasteiger partial charge in [-0.2, -0.15) is 0 Å². The summed E-state index contributed by atoms with van der Waals surface area (Å²) in [5.74, 6) is 0.866. The van der Waals surface area contributed by atoms with Crippen molar-refractivity contribution in [3.8, 4) is 5.75 Å². The van der Waals surface area contributed by atoms with Crippen molar-refractivity contribution in [3.05, 3.63) is 42.4 Å². The minimum Gasteiger partial charge on any atom is -0.494 e. The molecule has 1 heterocycles. The zero-order chi connectivity index (χ0) is 11.2. The van der Waals surface area contributed by atoms with Crippen LogP contribution in [0.5, 0.6) is 5.75 Å². The second kappa shape index (κ2) is 5.45. The molecular formula is C13H16O3. The summed E-state index contributed by atoms with van der Waals surface area (Å²) in [5.41, 5.74) is 0.971. The average Bonchev–Trinajstić information content (AvgIpc) is 2.83. The maximum atomic E-state index is 5.62. The van der Waals surface area contributed by atoms with Gasteiger partial charge < -0.3 is 14.2 Å². The fraction of sp³-hybridized carbons (Fsp3) is 0.385. The fourth-order valence-electron chi connectivity index (χ4n) is 1.48. The molecule has 0 aliphatic carbocycles. The molecule has 0 bridgehead atoms. The standard InChI is InChI=1S/C13H16O3/c1-2-3-7-14-12-6-4-5-11(10-12)13-15-8-9-16-13/h4-6,8-10,13H,2-3,7H2,1H3. The van der Waals surface area contributed by atoms with Crippen molar-refractivity contribution >= 4 is 0 Å². The molecule has 0 amide bonds. The quantitative estimate of drug-likeness (QED) is 0.712. The molecule has 0 spiro atoms. The lowest BCUT2D eigenvalue weighted by Crippen LogP contribution is -2.00. The smallest absolute Gasteiger partial charge is 0.266 e. The van der Waals surface area contributed by atoms with Crippen molar-refractivity contribution in [2.24, 2.45) is 0 Å². The van der Waals surface area contributed by atoms with Crippen LogP contribution in [0.1, 0.15) is 31.6 Å². The summed E-state index contributed by atoms with van der Waals surface area (Å²) in [4.78, 5) is 0. The van der Waals surface area contributed by atoms with Crippen molar-refractivity contribution in [3.63, 3.8) is 0 Å². The molecular weight excluding hydrogens is 204 g/mol. The Kier molecular flexibility index (Phi) is 3.70. The third kappa shape index (κ3) is 2.69. The first-order chi connectivity index (χ1) is 7.90. The van der Waals surface area contributed by atoms with Crippen molar-refractivity contribution in [1.29, 1.82) is 0 Å². The molecule has 0 N–H and O–H groups in total. The lowest BCUT2D eigenvalue weighted by Gasteiger charge is -2.12. The van der Waals surface area contributed by atoms with Crippen LogP contribution in [0.2, 0.25) is 0 Å². The lowest BCUT2D eigenvalue weighted by atomic mass is 10.2. The molecule has 0 saturated carbocycles. The Hall–Kier alpha value is -1.64. The van der Waals surface area contributed by atoms with E-state index in [1.54, 1.807) is 12.5 Å². The van der Waals surface area contributed by atoms with Crippen LogP contribution in [0.15, 0.2) is 36.8 Å². The Bertz CT molecular complexity index is 352. The molecule has 1 aromatic carbocycles. The van der Waals surface area contributed by atoms with Crippen LogP contribution in [0, 0.1) is 0 Å². The highest BCUT2D eigenvalue weighted by Crippen LogP contribution is 2.26. The Labute approximate surface area is 95.6 Å². The van der Waals surface area contributed by atoms with E-state index in [1.165, 1.54) is 0 Å². The molecule has 86 valence electrons. The van der Waals surface area contributed by atoms with Gasteiger partial charge in [0.15, 0.2) is 0 Å². The zero-order valence-electron chi connectivity index (χ0n) is 9.39. The van der Waals surface area contributed by atoms with E-state index in [0.717, 1.165) is 30.8 Å². The van der Waals surface area contributed by atoms with Crippen molar-refractivity contribution in [1.82, 2.24) is 0 Å². The Morgan fingerprint density at radius 2 is 2.06 bits per heavy atom. The molecule has 0 atom stereocenters. The maximum Gasteiger partial charge on any atom is 0.266 e. The van der Waals surface area contributed by atoms with Crippen molar-refractivity contribution in [2.75, 3.05) is 6.61 Å². The third-order valence-corrected chi connectivity index (χ3v) is 2.36. The van der Waals surface area contributed by atoms with Crippen molar-refractivity contribution in [2.45, 2.75) is 26.1 Å². The number of hydrogen-bond donors (Lipinski definition) is 0. The molecule has 3 heteroatoms. The zero-order valence-corrected chi connectivity index (χ0v) is 9.39. The van der Waals surface area contributed by atoms with E-state index in [-0.39, 0.29) is 6.29 Å². The summed E-state index contributed by atoms with van der Waals surface area (Å²) >= 11 is 0. The van der Waals surface area contributed by atoms with Gasteiger partial charge in [-0.1, -0.05) is 25.5 Å². The second-order valence-electron chi connectivity index (χ2n) is 3.65. The normalized spacial score (nSPS) is 14.6. The Balaban J connectivity index is 1.96.